The van der Waals surface area contributed by atoms with Crippen molar-refractivity contribution < 1.29 is 14.3 Å². The maximum atomic E-state index is 12.7. The van der Waals surface area contributed by atoms with Crippen LogP contribution in [0.2, 0.25) is 0 Å². The molecule has 0 fully saturated rings. The summed E-state index contributed by atoms with van der Waals surface area (Å²) in [6.07, 6.45) is 8.49. The van der Waals surface area contributed by atoms with E-state index < -0.39 is 0 Å². The predicted molar refractivity (Wildman–Crippen MR) is 129 cm³/mol. The largest absolute Gasteiger partial charge is 0.493 e. The molecule has 1 aromatic carbocycles. The number of ether oxygens (including phenoxy) is 2. The van der Waals surface area contributed by atoms with Crippen molar-refractivity contribution in [2.75, 3.05) is 19.0 Å². The van der Waals surface area contributed by atoms with Crippen LogP contribution in [-0.4, -0.2) is 39.4 Å². The third-order valence-electron chi connectivity index (χ3n) is 4.84. The molecule has 2 heterocycles. The van der Waals surface area contributed by atoms with Crippen molar-refractivity contribution in [2.24, 2.45) is 0 Å². The Balaban J connectivity index is 1.77. The van der Waals surface area contributed by atoms with E-state index in [1.165, 1.54) is 10.8 Å². The molecule has 1 amide bonds. The molecule has 0 bridgehead atoms. The van der Waals surface area contributed by atoms with E-state index in [1.807, 2.05) is 24.3 Å². The van der Waals surface area contributed by atoms with Gasteiger partial charge in [-0.1, -0.05) is 40.2 Å². The van der Waals surface area contributed by atoms with Gasteiger partial charge in [-0.25, -0.2) is 9.97 Å². The van der Waals surface area contributed by atoms with Crippen LogP contribution in [0.15, 0.2) is 48.8 Å². The smallest absolute Gasteiger partial charge is 0.252 e. The average molecular weight is 450 g/mol. The minimum absolute atomic E-state index is 0.202. The first-order valence-electron chi connectivity index (χ1n) is 11.0. The third kappa shape index (κ3) is 6.41. The predicted octanol–water partition coefficient (Wildman–Crippen LogP) is 4.80. The van der Waals surface area contributed by atoms with Crippen molar-refractivity contribution in [1.82, 2.24) is 19.7 Å². The van der Waals surface area contributed by atoms with Gasteiger partial charge >= 0.3 is 0 Å². The Morgan fingerprint density at radius 2 is 1.91 bits per heavy atom. The van der Waals surface area contributed by atoms with Gasteiger partial charge in [0.05, 0.1) is 19.4 Å². The summed E-state index contributed by atoms with van der Waals surface area (Å²) in [6, 6.07) is 9.14. The number of unbranched alkanes of at least 4 members (excludes halogenated alkanes) is 1. The maximum Gasteiger partial charge on any atom is 0.252 e. The van der Waals surface area contributed by atoms with Gasteiger partial charge in [0, 0.05) is 30.0 Å². The number of hydrogen-bond acceptors (Lipinski definition) is 6. The molecule has 33 heavy (non-hydrogen) atoms. The number of nitrogens with one attached hydrogen (secondary N) is 1. The first-order valence-corrected chi connectivity index (χ1v) is 11.0. The van der Waals surface area contributed by atoms with Crippen LogP contribution >= 0.6 is 0 Å². The summed E-state index contributed by atoms with van der Waals surface area (Å²) in [6.45, 7) is 8.92. The number of nitrogens with zero attached hydrogens (tertiary/aromatic N) is 4. The molecule has 0 radical (unpaired) electrons. The summed E-state index contributed by atoms with van der Waals surface area (Å²) < 4.78 is 12.7. The SMILES string of the molecule is CCCCOc1ccc(/C=C/C(=O)Nc2cc(C(C)(C)C)nn2-c2ncccn2)cc1OC. The fraction of sp³-hybridized carbons (Fsp3) is 0.360. The second-order valence-corrected chi connectivity index (χ2v) is 8.56. The highest BCUT2D eigenvalue weighted by Crippen LogP contribution is 2.29. The Labute approximate surface area is 194 Å². The van der Waals surface area contributed by atoms with Crippen molar-refractivity contribution >= 4 is 17.8 Å². The molecule has 0 saturated carbocycles. The monoisotopic (exact) mass is 449 g/mol. The minimum Gasteiger partial charge on any atom is -0.493 e. The fourth-order valence-corrected chi connectivity index (χ4v) is 2.96. The van der Waals surface area contributed by atoms with Crippen LogP contribution in [0.1, 0.15) is 51.8 Å². The van der Waals surface area contributed by atoms with Crippen LogP contribution in [0.3, 0.4) is 0 Å². The zero-order chi connectivity index (χ0) is 23.8. The molecule has 0 aliphatic heterocycles. The molecule has 0 saturated heterocycles. The van der Waals surface area contributed by atoms with Crippen molar-refractivity contribution in [2.45, 2.75) is 46.0 Å². The second kappa shape index (κ2) is 10.8. The number of rotatable bonds is 9. The molecular weight excluding hydrogens is 418 g/mol. The molecule has 0 aliphatic rings. The first-order chi connectivity index (χ1) is 15.8. The van der Waals surface area contributed by atoms with E-state index in [2.05, 4.69) is 48.1 Å². The van der Waals surface area contributed by atoms with Crippen molar-refractivity contribution in [3.8, 4) is 17.4 Å². The molecule has 8 nitrogen and oxygen atoms in total. The third-order valence-corrected chi connectivity index (χ3v) is 4.84. The van der Waals surface area contributed by atoms with E-state index >= 15 is 0 Å². The minimum atomic E-state index is -0.297. The highest BCUT2D eigenvalue weighted by molar-refractivity contribution is 6.01. The summed E-state index contributed by atoms with van der Waals surface area (Å²) in [5, 5.41) is 7.49. The number of aromatic nitrogens is 4. The molecule has 3 aromatic rings. The molecule has 1 N–H and O–H groups in total. The quantitative estimate of drug-likeness (QED) is 0.373. The van der Waals surface area contributed by atoms with Gasteiger partial charge in [-0.3, -0.25) is 4.79 Å². The van der Waals surface area contributed by atoms with Gasteiger partial charge in [-0.2, -0.15) is 9.78 Å². The van der Waals surface area contributed by atoms with E-state index in [0.29, 0.717) is 29.9 Å². The summed E-state index contributed by atoms with van der Waals surface area (Å²) in [7, 11) is 1.60. The standard InChI is InChI=1S/C25H31N5O3/c1-6-7-15-33-19-11-9-18(16-20(19)32-5)10-12-23(31)28-22-17-21(25(2,3)4)29-30(22)24-26-13-8-14-27-24/h8-14,16-17H,6-7,15H2,1-5H3,(H,28,31)/b12-10+. The highest BCUT2D eigenvalue weighted by atomic mass is 16.5. The number of carbonyl (C=O) groups is 1. The van der Waals surface area contributed by atoms with E-state index in [0.717, 1.165) is 24.1 Å². The van der Waals surface area contributed by atoms with Crippen LogP contribution < -0.4 is 14.8 Å². The summed E-state index contributed by atoms with van der Waals surface area (Å²) in [5.41, 5.74) is 1.44. The van der Waals surface area contributed by atoms with Crippen LogP contribution in [-0.2, 0) is 10.2 Å². The molecule has 3 rings (SSSR count). The van der Waals surface area contributed by atoms with Gasteiger partial charge in [0.25, 0.3) is 5.95 Å². The topological polar surface area (TPSA) is 91.2 Å². The van der Waals surface area contributed by atoms with Gasteiger partial charge in [-0.15, -0.1) is 0 Å². The molecule has 174 valence electrons. The zero-order valence-corrected chi connectivity index (χ0v) is 19.8. The highest BCUT2D eigenvalue weighted by Gasteiger charge is 2.22. The Hall–Kier alpha value is -3.68. The van der Waals surface area contributed by atoms with Gasteiger partial charge in [0.2, 0.25) is 5.91 Å². The summed E-state index contributed by atoms with van der Waals surface area (Å²) >= 11 is 0. The lowest BCUT2D eigenvalue weighted by Gasteiger charge is -2.13. The number of carbonyl (C=O) groups excluding carboxylic acids is 1. The molecule has 0 unspecified atom stereocenters. The lowest BCUT2D eigenvalue weighted by molar-refractivity contribution is -0.111. The molecular formula is C25H31N5O3. The maximum absolute atomic E-state index is 12.7. The van der Waals surface area contributed by atoms with Gasteiger partial charge in [0.15, 0.2) is 11.5 Å². The van der Waals surface area contributed by atoms with Gasteiger partial charge < -0.3 is 14.8 Å². The Morgan fingerprint density at radius 3 is 2.58 bits per heavy atom. The Morgan fingerprint density at radius 1 is 1.15 bits per heavy atom. The molecule has 0 aliphatic carbocycles. The van der Waals surface area contributed by atoms with E-state index in [1.54, 1.807) is 31.6 Å². The van der Waals surface area contributed by atoms with Crippen LogP contribution in [0.4, 0.5) is 5.82 Å². The van der Waals surface area contributed by atoms with Gasteiger partial charge in [-0.05, 0) is 36.3 Å². The molecule has 0 atom stereocenters. The zero-order valence-electron chi connectivity index (χ0n) is 19.8. The number of hydrogen-bond donors (Lipinski definition) is 1. The van der Waals surface area contributed by atoms with Gasteiger partial charge in [0.1, 0.15) is 5.82 Å². The van der Waals surface area contributed by atoms with Crippen molar-refractivity contribution in [3.63, 3.8) is 0 Å². The average Bonchev–Trinajstić information content (AvgIpc) is 3.23. The first kappa shape index (κ1) is 24.0. The number of anilines is 1. The summed E-state index contributed by atoms with van der Waals surface area (Å²) in [5.74, 6) is 1.90. The van der Waals surface area contributed by atoms with Crippen molar-refractivity contribution in [1.29, 1.82) is 0 Å². The van der Waals surface area contributed by atoms with E-state index in [4.69, 9.17) is 9.47 Å². The Kier molecular flexibility index (Phi) is 7.82. The lowest BCUT2D eigenvalue weighted by atomic mass is 9.92. The van der Waals surface area contributed by atoms with E-state index in [-0.39, 0.29) is 11.3 Å². The molecule has 2 aromatic heterocycles. The number of amides is 1. The normalized spacial score (nSPS) is 11.5. The lowest BCUT2D eigenvalue weighted by Crippen LogP contribution is -2.14. The van der Waals surface area contributed by atoms with Crippen LogP contribution in [0.25, 0.3) is 12.0 Å². The molecule has 8 heteroatoms. The Bertz CT molecular complexity index is 1100. The molecule has 0 spiro atoms. The number of benzene rings is 1. The van der Waals surface area contributed by atoms with Crippen molar-refractivity contribution in [3.05, 3.63) is 60.1 Å². The second-order valence-electron chi connectivity index (χ2n) is 8.56. The van der Waals surface area contributed by atoms with Crippen LogP contribution in [0.5, 0.6) is 11.5 Å². The van der Waals surface area contributed by atoms with Crippen LogP contribution in [0, 0.1) is 0 Å². The number of methoxy groups -OCH3 is 1. The summed E-state index contributed by atoms with van der Waals surface area (Å²) in [4.78, 5) is 21.2. The van der Waals surface area contributed by atoms with E-state index in [9.17, 15) is 4.79 Å². The fourth-order valence-electron chi connectivity index (χ4n) is 2.96.